The van der Waals surface area contributed by atoms with Crippen LogP contribution in [0.3, 0.4) is 0 Å². The summed E-state index contributed by atoms with van der Waals surface area (Å²) in [5, 5.41) is 12.4. The number of nitrogens with zero attached hydrogens (tertiary/aromatic N) is 1. The number of piperidine rings is 1. The van der Waals surface area contributed by atoms with Crippen molar-refractivity contribution in [3.8, 4) is 0 Å². The molecule has 122 valence electrons. The summed E-state index contributed by atoms with van der Waals surface area (Å²) in [6.45, 7) is 6.15. The number of anilines is 1. The van der Waals surface area contributed by atoms with E-state index in [0.29, 0.717) is 44.2 Å². The number of carboxylic acid groups (broad SMARTS) is 1. The van der Waals surface area contributed by atoms with Crippen LogP contribution in [0, 0.1) is 11.7 Å². The quantitative estimate of drug-likeness (QED) is 0.848. The first-order valence-corrected chi connectivity index (χ1v) is 8.00. The van der Waals surface area contributed by atoms with E-state index >= 15 is 0 Å². The van der Waals surface area contributed by atoms with Gasteiger partial charge in [0, 0.05) is 25.7 Å². The third kappa shape index (κ3) is 4.19. The van der Waals surface area contributed by atoms with Gasteiger partial charge in [0.05, 0.1) is 11.6 Å². The number of carboxylic acids is 1. The van der Waals surface area contributed by atoms with E-state index in [1.165, 1.54) is 6.07 Å². The fourth-order valence-corrected chi connectivity index (χ4v) is 2.71. The van der Waals surface area contributed by atoms with Gasteiger partial charge >= 0.3 is 5.97 Å². The van der Waals surface area contributed by atoms with Gasteiger partial charge in [0.25, 0.3) is 0 Å². The van der Waals surface area contributed by atoms with Gasteiger partial charge in [-0.2, -0.15) is 0 Å². The van der Waals surface area contributed by atoms with Crippen LogP contribution in [0.25, 0.3) is 0 Å². The Labute approximate surface area is 131 Å². The minimum Gasteiger partial charge on any atom is -0.481 e. The van der Waals surface area contributed by atoms with Gasteiger partial charge in [0.1, 0.15) is 5.82 Å². The molecule has 0 bridgehead atoms. The summed E-state index contributed by atoms with van der Waals surface area (Å²) in [7, 11) is 0. The summed E-state index contributed by atoms with van der Waals surface area (Å²) in [6, 6.07) is 5.62. The number of hydrogen-bond donors (Lipinski definition) is 2. The molecule has 1 aliphatic rings. The molecule has 0 spiro atoms. The number of halogens is 1. The van der Waals surface area contributed by atoms with Crippen molar-refractivity contribution in [2.24, 2.45) is 5.92 Å². The van der Waals surface area contributed by atoms with Crippen molar-refractivity contribution in [3.05, 3.63) is 29.6 Å². The van der Waals surface area contributed by atoms with Crippen molar-refractivity contribution >= 4 is 11.7 Å². The summed E-state index contributed by atoms with van der Waals surface area (Å²) < 4.78 is 14.1. The first kappa shape index (κ1) is 16.7. The zero-order valence-electron chi connectivity index (χ0n) is 13.3. The second kappa shape index (κ2) is 7.58. The van der Waals surface area contributed by atoms with E-state index in [9.17, 15) is 9.18 Å². The molecular weight excluding hydrogens is 283 g/mol. The van der Waals surface area contributed by atoms with Crippen LogP contribution in [0.15, 0.2) is 18.2 Å². The number of nitrogens with one attached hydrogen (secondary N) is 1. The summed E-state index contributed by atoms with van der Waals surface area (Å²) in [6.07, 6.45) is 2.20. The maximum atomic E-state index is 14.1. The molecule has 0 saturated carbocycles. The average molecular weight is 308 g/mol. The lowest BCUT2D eigenvalue weighted by molar-refractivity contribution is -0.142. The molecule has 2 rings (SSSR count). The molecule has 22 heavy (non-hydrogen) atoms. The average Bonchev–Trinajstić information content (AvgIpc) is 2.53. The Morgan fingerprint density at radius 2 is 2.14 bits per heavy atom. The first-order chi connectivity index (χ1) is 10.5. The van der Waals surface area contributed by atoms with Crippen molar-refractivity contribution in [3.63, 3.8) is 0 Å². The second-order valence-corrected chi connectivity index (χ2v) is 6.08. The Hall–Kier alpha value is -1.62. The Morgan fingerprint density at radius 3 is 2.73 bits per heavy atom. The number of benzene rings is 1. The van der Waals surface area contributed by atoms with Crippen LogP contribution < -0.4 is 10.2 Å². The van der Waals surface area contributed by atoms with Crippen LogP contribution in [0.1, 0.15) is 38.7 Å². The summed E-state index contributed by atoms with van der Waals surface area (Å²) in [5.74, 6) is -1.28. The van der Waals surface area contributed by atoms with E-state index in [0.717, 1.165) is 12.0 Å². The Kier molecular flexibility index (Phi) is 5.77. The van der Waals surface area contributed by atoms with Crippen LogP contribution in [0.5, 0.6) is 0 Å². The molecule has 0 aromatic heterocycles. The Bertz CT molecular complexity index is 513. The van der Waals surface area contributed by atoms with Gasteiger partial charge < -0.3 is 15.3 Å². The Balaban J connectivity index is 2.03. The molecule has 4 nitrogen and oxygen atoms in total. The molecule has 2 N–H and O–H groups in total. The molecule has 1 aliphatic heterocycles. The zero-order chi connectivity index (χ0) is 16.1. The highest BCUT2D eigenvalue weighted by Gasteiger charge is 2.25. The van der Waals surface area contributed by atoms with Gasteiger partial charge in [-0.1, -0.05) is 13.0 Å². The molecule has 1 atom stereocenters. The third-order valence-corrected chi connectivity index (χ3v) is 4.46. The molecule has 1 aromatic rings. The molecule has 0 radical (unpaired) electrons. The normalized spacial score (nSPS) is 17.5. The number of hydrogen-bond acceptors (Lipinski definition) is 3. The molecule has 1 saturated heterocycles. The standard InChI is InChI=1S/C17H25FN2O2/c1-3-12(2)19-11-13-4-5-15(18)16(10-13)20-8-6-14(7-9-20)17(21)22/h4-5,10,12,14,19H,3,6-9,11H2,1-2H3,(H,21,22). The van der Waals surface area contributed by atoms with Crippen LogP contribution >= 0.6 is 0 Å². The fraction of sp³-hybridized carbons (Fsp3) is 0.588. The van der Waals surface area contributed by atoms with Crippen molar-refractivity contribution < 1.29 is 14.3 Å². The SMILES string of the molecule is CCC(C)NCc1ccc(F)c(N2CCC(C(=O)O)CC2)c1. The highest BCUT2D eigenvalue weighted by atomic mass is 19.1. The van der Waals surface area contributed by atoms with E-state index in [2.05, 4.69) is 19.2 Å². The van der Waals surface area contributed by atoms with Crippen molar-refractivity contribution in [2.75, 3.05) is 18.0 Å². The monoisotopic (exact) mass is 308 g/mol. The first-order valence-electron chi connectivity index (χ1n) is 8.00. The highest BCUT2D eigenvalue weighted by Crippen LogP contribution is 2.26. The molecule has 1 unspecified atom stereocenters. The van der Waals surface area contributed by atoms with E-state index in [1.54, 1.807) is 6.07 Å². The lowest BCUT2D eigenvalue weighted by atomic mass is 9.96. The van der Waals surface area contributed by atoms with Crippen LogP contribution in [0.4, 0.5) is 10.1 Å². The van der Waals surface area contributed by atoms with Gasteiger partial charge in [-0.15, -0.1) is 0 Å². The minimum atomic E-state index is -0.744. The smallest absolute Gasteiger partial charge is 0.306 e. The zero-order valence-corrected chi connectivity index (χ0v) is 13.3. The van der Waals surface area contributed by atoms with E-state index < -0.39 is 5.97 Å². The summed E-state index contributed by atoms with van der Waals surface area (Å²) in [4.78, 5) is 13.0. The van der Waals surface area contributed by atoms with E-state index in [1.807, 2.05) is 11.0 Å². The topological polar surface area (TPSA) is 52.6 Å². The lowest BCUT2D eigenvalue weighted by Crippen LogP contribution is -2.36. The Morgan fingerprint density at radius 1 is 1.45 bits per heavy atom. The van der Waals surface area contributed by atoms with E-state index in [-0.39, 0.29) is 11.7 Å². The van der Waals surface area contributed by atoms with Gasteiger partial charge in [-0.25, -0.2) is 4.39 Å². The van der Waals surface area contributed by atoms with E-state index in [4.69, 9.17) is 5.11 Å². The van der Waals surface area contributed by atoms with Gasteiger partial charge in [-0.05, 0) is 43.9 Å². The summed E-state index contributed by atoms with van der Waals surface area (Å²) in [5.41, 5.74) is 1.64. The number of carbonyl (C=O) groups is 1. The minimum absolute atomic E-state index is 0.235. The largest absolute Gasteiger partial charge is 0.481 e. The van der Waals surface area contributed by atoms with Crippen LogP contribution in [-0.2, 0) is 11.3 Å². The lowest BCUT2D eigenvalue weighted by Gasteiger charge is -2.32. The maximum absolute atomic E-state index is 14.1. The number of rotatable bonds is 6. The summed E-state index contributed by atoms with van der Waals surface area (Å²) >= 11 is 0. The molecular formula is C17H25FN2O2. The van der Waals surface area contributed by atoms with Gasteiger partial charge in [0.15, 0.2) is 0 Å². The van der Waals surface area contributed by atoms with Crippen molar-refractivity contribution in [2.45, 2.75) is 45.7 Å². The molecule has 1 heterocycles. The highest BCUT2D eigenvalue weighted by molar-refractivity contribution is 5.70. The molecule has 5 heteroatoms. The predicted molar refractivity (Wildman–Crippen MR) is 85.6 cm³/mol. The predicted octanol–water partition coefficient (Wildman–Crippen LogP) is 3.01. The maximum Gasteiger partial charge on any atom is 0.306 e. The van der Waals surface area contributed by atoms with Gasteiger partial charge in [0.2, 0.25) is 0 Å². The molecule has 1 aromatic carbocycles. The third-order valence-electron chi connectivity index (χ3n) is 4.46. The van der Waals surface area contributed by atoms with Crippen LogP contribution in [0.2, 0.25) is 0 Å². The van der Waals surface area contributed by atoms with Crippen LogP contribution in [-0.4, -0.2) is 30.2 Å². The fourth-order valence-electron chi connectivity index (χ4n) is 2.71. The number of aliphatic carboxylic acids is 1. The second-order valence-electron chi connectivity index (χ2n) is 6.08. The van der Waals surface area contributed by atoms with Crippen molar-refractivity contribution in [1.82, 2.24) is 5.32 Å². The molecule has 0 aliphatic carbocycles. The van der Waals surface area contributed by atoms with Gasteiger partial charge in [-0.3, -0.25) is 4.79 Å². The van der Waals surface area contributed by atoms with Crippen molar-refractivity contribution in [1.29, 1.82) is 0 Å². The molecule has 0 amide bonds. The molecule has 1 fully saturated rings.